The Morgan fingerprint density at radius 1 is 1.40 bits per heavy atom. The number of rotatable bonds is 3. The van der Waals surface area contributed by atoms with Crippen LogP contribution in [0.4, 0.5) is 0 Å². The van der Waals surface area contributed by atoms with Crippen LogP contribution in [0.1, 0.15) is 25.3 Å². The summed E-state index contributed by atoms with van der Waals surface area (Å²) < 4.78 is 26.5. The minimum atomic E-state index is -3.56. The summed E-state index contributed by atoms with van der Waals surface area (Å²) in [5.74, 6) is 0. The third-order valence-electron chi connectivity index (χ3n) is 3.56. The number of benzene rings is 1. The fraction of sp³-hybridized carbons (Fsp3) is 0.462. The van der Waals surface area contributed by atoms with Crippen molar-refractivity contribution >= 4 is 27.2 Å². The lowest BCUT2D eigenvalue weighted by atomic mass is 9.95. The molecule has 0 unspecified atom stereocenters. The number of nitrogens with zero attached hydrogens (tertiary/aromatic N) is 1. The van der Waals surface area contributed by atoms with Crippen LogP contribution in [0.15, 0.2) is 29.2 Å². The summed E-state index contributed by atoms with van der Waals surface area (Å²) in [5.41, 5.74) is 5.28. The molecule has 110 valence electrons. The Kier molecular flexibility index (Phi) is 4.15. The van der Waals surface area contributed by atoms with E-state index in [2.05, 4.69) is 0 Å². The van der Waals surface area contributed by atoms with Crippen molar-refractivity contribution < 1.29 is 13.5 Å². The number of sulfonamides is 1. The largest absolute Gasteiger partial charge is 0.390 e. The van der Waals surface area contributed by atoms with Crippen molar-refractivity contribution in [2.24, 2.45) is 5.73 Å². The van der Waals surface area contributed by atoms with Crippen LogP contribution in [0.25, 0.3) is 0 Å². The molecule has 7 heteroatoms. The number of hydrogen-bond donors (Lipinski definition) is 2. The first-order chi connectivity index (χ1) is 9.22. The molecule has 3 N–H and O–H groups in total. The second-order valence-electron chi connectivity index (χ2n) is 5.29. The molecule has 5 nitrogen and oxygen atoms in total. The molecule has 1 saturated heterocycles. The van der Waals surface area contributed by atoms with Gasteiger partial charge in [0, 0.05) is 18.7 Å². The van der Waals surface area contributed by atoms with Crippen LogP contribution < -0.4 is 5.73 Å². The summed E-state index contributed by atoms with van der Waals surface area (Å²) >= 11 is 4.87. The molecule has 1 aromatic carbocycles. The molecule has 0 aliphatic carbocycles. The molecule has 1 aliphatic rings. The Labute approximate surface area is 124 Å². The minimum absolute atomic E-state index is 0.170. The number of hydrogen-bond acceptors (Lipinski definition) is 4. The van der Waals surface area contributed by atoms with Gasteiger partial charge in [0.1, 0.15) is 4.99 Å². The fourth-order valence-electron chi connectivity index (χ4n) is 2.17. The summed E-state index contributed by atoms with van der Waals surface area (Å²) in [4.78, 5) is 0.355. The summed E-state index contributed by atoms with van der Waals surface area (Å²) in [6.07, 6.45) is 0.864. The molecule has 1 heterocycles. The van der Waals surface area contributed by atoms with E-state index in [0.29, 0.717) is 31.5 Å². The molecule has 2 rings (SSSR count). The predicted octanol–water partition coefficient (Wildman–Crippen LogP) is 0.856. The van der Waals surface area contributed by atoms with Gasteiger partial charge in [0.15, 0.2) is 0 Å². The maximum atomic E-state index is 12.5. The number of piperidine rings is 1. The maximum Gasteiger partial charge on any atom is 0.243 e. The van der Waals surface area contributed by atoms with Crippen molar-refractivity contribution in [2.45, 2.75) is 30.3 Å². The zero-order chi connectivity index (χ0) is 15.0. The van der Waals surface area contributed by atoms with Crippen LogP contribution in [0.2, 0.25) is 0 Å². The molecule has 1 aliphatic heterocycles. The SMILES string of the molecule is CC1(O)CCN(S(=O)(=O)c2cccc(C(N)=S)c2)CC1. The average Bonchev–Trinajstić information content (AvgIpc) is 2.38. The van der Waals surface area contributed by atoms with Crippen LogP contribution in [-0.4, -0.2) is 41.5 Å². The lowest BCUT2D eigenvalue weighted by Gasteiger charge is -2.35. The second-order valence-corrected chi connectivity index (χ2v) is 7.67. The molecule has 0 aromatic heterocycles. The van der Waals surface area contributed by atoms with E-state index in [4.69, 9.17) is 18.0 Å². The smallest absolute Gasteiger partial charge is 0.243 e. The second kappa shape index (κ2) is 5.40. The lowest BCUT2D eigenvalue weighted by molar-refractivity contribution is 0.0126. The number of aliphatic hydroxyl groups is 1. The topological polar surface area (TPSA) is 83.6 Å². The van der Waals surface area contributed by atoms with E-state index in [1.54, 1.807) is 19.1 Å². The van der Waals surface area contributed by atoms with Gasteiger partial charge in [-0.05, 0) is 31.9 Å². The van der Waals surface area contributed by atoms with E-state index >= 15 is 0 Å². The third kappa shape index (κ3) is 3.17. The molecule has 1 aromatic rings. The summed E-state index contributed by atoms with van der Waals surface area (Å²) in [5, 5.41) is 9.89. The van der Waals surface area contributed by atoms with Crippen molar-refractivity contribution in [3.05, 3.63) is 29.8 Å². The van der Waals surface area contributed by atoms with Gasteiger partial charge in [0.05, 0.1) is 10.5 Å². The van der Waals surface area contributed by atoms with E-state index in [1.165, 1.54) is 16.4 Å². The minimum Gasteiger partial charge on any atom is -0.390 e. The molecule has 0 amide bonds. The van der Waals surface area contributed by atoms with E-state index in [-0.39, 0.29) is 9.88 Å². The van der Waals surface area contributed by atoms with Crippen LogP contribution in [0.3, 0.4) is 0 Å². The molecule has 20 heavy (non-hydrogen) atoms. The molecule has 0 bridgehead atoms. The van der Waals surface area contributed by atoms with Crippen LogP contribution in [0, 0.1) is 0 Å². The van der Waals surface area contributed by atoms with Crippen molar-refractivity contribution in [1.82, 2.24) is 4.31 Å². The number of thiocarbonyl (C=S) groups is 1. The van der Waals surface area contributed by atoms with Gasteiger partial charge in [-0.15, -0.1) is 0 Å². The van der Waals surface area contributed by atoms with Gasteiger partial charge < -0.3 is 10.8 Å². The molecule has 0 radical (unpaired) electrons. The Bertz CT molecular complexity index is 616. The van der Waals surface area contributed by atoms with E-state index in [9.17, 15) is 13.5 Å². The highest BCUT2D eigenvalue weighted by atomic mass is 32.2. The van der Waals surface area contributed by atoms with Gasteiger partial charge in [-0.2, -0.15) is 4.31 Å². The standard InChI is InChI=1S/C13H18N2O3S2/c1-13(16)5-7-15(8-6-13)20(17,18)11-4-2-3-10(9-11)12(14)19/h2-4,9,16H,5-8H2,1H3,(H2,14,19). The van der Waals surface area contributed by atoms with Crippen molar-refractivity contribution in [3.8, 4) is 0 Å². The zero-order valence-electron chi connectivity index (χ0n) is 11.2. The predicted molar refractivity (Wildman–Crippen MR) is 80.9 cm³/mol. The Hall–Kier alpha value is -1.02. The monoisotopic (exact) mass is 314 g/mol. The summed E-state index contributed by atoms with van der Waals surface area (Å²) in [6, 6.07) is 6.33. The molecule has 0 saturated carbocycles. The molecule has 0 spiro atoms. The fourth-order valence-corrected chi connectivity index (χ4v) is 3.78. The first-order valence-electron chi connectivity index (χ1n) is 6.35. The van der Waals surface area contributed by atoms with Gasteiger partial charge in [0.25, 0.3) is 0 Å². The number of nitrogens with two attached hydrogens (primary N) is 1. The van der Waals surface area contributed by atoms with Gasteiger partial charge in [0.2, 0.25) is 10.0 Å². The van der Waals surface area contributed by atoms with Crippen molar-refractivity contribution in [2.75, 3.05) is 13.1 Å². The first kappa shape index (κ1) is 15.4. The Morgan fingerprint density at radius 3 is 2.55 bits per heavy atom. The van der Waals surface area contributed by atoms with Crippen LogP contribution in [-0.2, 0) is 10.0 Å². The van der Waals surface area contributed by atoms with Gasteiger partial charge in [-0.1, -0.05) is 24.4 Å². The highest BCUT2D eigenvalue weighted by Gasteiger charge is 2.34. The summed E-state index contributed by atoms with van der Waals surface area (Å²) in [7, 11) is -3.56. The maximum absolute atomic E-state index is 12.5. The quantitative estimate of drug-likeness (QED) is 0.808. The summed E-state index contributed by atoms with van der Waals surface area (Å²) in [6.45, 7) is 2.35. The van der Waals surface area contributed by atoms with Crippen LogP contribution >= 0.6 is 12.2 Å². The van der Waals surface area contributed by atoms with Gasteiger partial charge >= 0.3 is 0 Å². The first-order valence-corrected chi connectivity index (χ1v) is 8.20. The third-order valence-corrected chi connectivity index (χ3v) is 5.69. The van der Waals surface area contributed by atoms with Crippen LogP contribution in [0.5, 0.6) is 0 Å². The Morgan fingerprint density at radius 2 is 2.00 bits per heavy atom. The van der Waals surface area contributed by atoms with Crippen molar-refractivity contribution in [1.29, 1.82) is 0 Å². The highest BCUT2D eigenvalue weighted by Crippen LogP contribution is 2.26. The lowest BCUT2D eigenvalue weighted by Crippen LogP contribution is -2.45. The molecule has 0 atom stereocenters. The van der Waals surface area contributed by atoms with E-state index in [1.807, 2.05) is 0 Å². The molecular weight excluding hydrogens is 296 g/mol. The van der Waals surface area contributed by atoms with E-state index < -0.39 is 15.6 Å². The Balaban J connectivity index is 2.27. The molecule has 1 fully saturated rings. The average molecular weight is 314 g/mol. The molecular formula is C13H18N2O3S2. The zero-order valence-corrected chi connectivity index (χ0v) is 12.9. The van der Waals surface area contributed by atoms with Gasteiger partial charge in [-0.25, -0.2) is 8.42 Å². The highest BCUT2D eigenvalue weighted by molar-refractivity contribution is 7.89. The van der Waals surface area contributed by atoms with Crippen molar-refractivity contribution in [3.63, 3.8) is 0 Å². The normalized spacial score (nSPS) is 19.7. The van der Waals surface area contributed by atoms with Gasteiger partial charge in [-0.3, -0.25) is 0 Å². The van der Waals surface area contributed by atoms with E-state index in [0.717, 1.165) is 0 Å².